The maximum Gasteiger partial charge on any atom is 0.0280 e. The zero-order valence-electron chi connectivity index (χ0n) is 7.43. The smallest absolute Gasteiger partial charge is 0.0280 e. The van der Waals surface area contributed by atoms with Gasteiger partial charge >= 0.3 is 0 Å². The first kappa shape index (κ1) is 5.96. The molecule has 0 spiro atoms. The van der Waals surface area contributed by atoms with Crippen LogP contribution in [0.3, 0.4) is 0 Å². The van der Waals surface area contributed by atoms with E-state index in [0.717, 1.165) is 12.8 Å². The zero-order chi connectivity index (χ0) is 8.10. The summed E-state index contributed by atoms with van der Waals surface area (Å²) in [6, 6.07) is 8.21. The topological polar surface area (TPSA) is 0 Å². The SMILES string of the molecule is [2H]Cc1ccccc1CCC. The van der Waals surface area contributed by atoms with E-state index in [0.29, 0.717) is 6.90 Å². The average molecular weight is 135 g/mol. The Bertz CT molecular complexity index is 218. The van der Waals surface area contributed by atoms with Crippen molar-refractivity contribution in [2.75, 3.05) is 0 Å². The molecule has 0 saturated heterocycles. The van der Waals surface area contributed by atoms with E-state index in [-0.39, 0.29) is 0 Å². The van der Waals surface area contributed by atoms with Crippen molar-refractivity contribution in [1.82, 2.24) is 0 Å². The Morgan fingerprint density at radius 1 is 1.40 bits per heavy atom. The molecule has 0 aliphatic rings. The lowest BCUT2D eigenvalue weighted by Gasteiger charge is -2.01. The number of aryl methyl sites for hydroxylation is 2. The van der Waals surface area contributed by atoms with E-state index in [1.807, 2.05) is 18.2 Å². The molecule has 0 N–H and O–H groups in total. The molecule has 0 atom stereocenters. The molecule has 0 aromatic heterocycles. The molecule has 0 bridgehead atoms. The first-order chi connectivity index (χ1) is 5.38. The van der Waals surface area contributed by atoms with Crippen molar-refractivity contribution in [3.05, 3.63) is 35.4 Å². The van der Waals surface area contributed by atoms with Crippen LogP contribution in [-0.2, 0) is 6.42 Å². The second-order valence-electron chi connectivity index (χ2n) is 2.52. The van der Waals surface area contributed by atoms with E-state index in [4.69, 9.17) is 1.37 Å². The summed E-state index contributed by atoms with van der Waals surface area (Å²) in [7, 11) is 0. The van der Waals surface area contributed by atoms with E-state index >= 15 is 0 Å². The van der Waals surface area contributed by atoms with Crippen molar-refractivity contribution in [2.24, 2.45) is 0 Å². The highest BCUT2D eigenvalue weighted by Gasteiger charge is 1.92. The molecule has 0 fully saturated rings. The summed E-state index contributed by atoms with van der Waals surface area (Å²) in [6.45, 7) is 2.58. The van der Waals surface area contributed by atoms with Gasteiger partial charge in [-0.05, 0) is 24.4 Å². The molecule has 0 radical (unpaired) electrons. The van der Waals surface area contributed by atoms with Crippen LogP contribution in [0.4, 0.5) is 0 Å². The molecule has 54 valence electrons. The third-order valence-corrected chi connectivity index (χ3v) is 1.64. The van der Waals surface area contributed by atoms with Gasteiger partial charge in [0.25, 0.3) is 0 Å². The third-order valence-electron chi connectivity index (χ3n) is 1.64. The van der Waals surface area contributed by atoms with Crippen LogP contribution < -0.4 is 0 Å². The zero-order valence-corrected chi connectivity index (χ0v) is 6.43. The summed E-state index contributed by atoms with van der Waals surface area (Å²) in [5.74, 6) is 0. The van der Waals surface area contributed by atoms with Crippen LogP contribution in [-0.4, -0.2) is 0 Å². The number of rotatable bonds is 2. The first-order valence-corrected chi connectivity index (χ1v) is 3.74. The molecule has 1 aromatic rings. The molecule has 0 saturated carbocycles. The largest absolute Gasteiger partial charge is 0.0651 e. The standard InChI is InChI=1S/C10H14/c1-3-6-10-8-5-4-7-9(10)2/h4-5,7-8H,3,6H2,1-2H3/i2D. The molecular formula is C10H14. The Hall–Kier alpha value is -0.780. The minimum absolute atomic E-state index is 0.413. The lowest BCUT2D eigenvalue weighted by Crippen LogP contribution is -1.85. The fourth-order valence-electron chi connectivity index (χ4n) is 1.07. The van der Waals surface area contributed by atoms with Crippen LogP contribution >= 0.6 is 0 Å². The molecule has 0 nitrogen and oxygen atoms in total. The molecule has 0 heterocycles. The molecule has 1 aromatic carbocycles. The second kappa shape index (κ2) is 3.40. The molecule has 0 unspecified atom stereocenters. The highest BCUT2D eigenvalue weighted by atomic mass is 14.0. The van der Waals surface area contributed by atoms with Crippen molar-refractivity contribution in [2.45, 2.75) is 26.7 Å². The minimum Gasteiger partial charge on any atom is -0.0651 e. The van der Waals surface area contributed by atoms with Crippen LogP contribution in [0.2, 0.25) is 0 Å². The fourth-order valence-corrected chi connectivity index (χ4v) is 1.07. The van der Waals surface area contributed by atoms with Gasteiger partial charge < -0.3 is 0 Å². The average Bonchev–Trinajstić information content (AvgIpc) is 2.06. The van der Waals surface area contributed by atoms with Crippen LogP contribution in [0.15, 0.2) is 24.3 Å². The van der Waals surface area contributed by atoms with Crippen LogP contribution in [0, 0.1) is 6.90 Å². The predicted molar refractivity (Wildman–Crippen MR) is 45.2 cm³/mol. The highest BCUT2D eigenvalue weighted by Crippen LogP contribution is 2.08. The second-order valence-corrected chi connectivity index (χ2v) is 2.52. The number of hydrogen-bond acceptors (Lipinski definition) is 0. The Morgan fingerprint density at radius 3 is 2.90 bits per heavy atom. The van der Waals surface area contributed by atoms with E-state index in [2.05, 4.69) is 13.0 Å². The maximum absolute atomic E-state index is 7.26. The molecule has 0 heteroatoms. The summed E-state index contributed by atoms with van der Waals surface area (Å²) in [6.07, 6.45) is 2.27. The van der Waals surface area contributed by atoms with Gasteiger partial charge in [-0.2, -0.15) is 0 Å². The molecular weight excluding hydrogens is 120 g/mol. The van der Waals surface area contributed by atoms with Gasteiger partial charge in [-0.15, -0.1) is 0 Å². The molecule has 0 aliphatic heterocycles. The van der Waals surface area contributed by atoms with Crippen LogP contribution in [0.25, 0.3) is 0 Å². The van der Waals surface area contributed by atoms with Gasteiger partial charge in [-0.1, -0.05) is 37.6 Å². The summed E-state index contributed by atoms with van der Waals surface area (Å²) < 4.78 is 7.26. The number of benzene rings is 1. The first-order valence-electron chi connectivity index (χ1n) is 4.45. The van der Waals surface area contributed by atoms with Gasteiger partial charge in [-0.3, -0.25) is 0 Å². The lowest BCUT2D eigenvalue weighted by molar-refractivity contribution is 0.913. The van der Waals surface area contributed by atoms with Gasteiger partial charge in [0.2, 0.25) is 0 Å². The van der Waals surface area contributed by atoms with Crippen LogP contribution in [0.1, 0.15) is 25.8 Å². The Morgan fingerprint density at radius 2 is 2.20 bits per heavy atom. The molecule has 1 rings (SSSR count). The molecule has 10 heavy (non-hydrogen) atoms. The van der Waals surface area contributed by atoms with Crippen molar-refractivity contribution < 1.29 is 1.37 Å². The maximum atomic E-state index is 7.26. The summed E-state index contributed by atoms with van der Waals surface area (Å²) in [4.78, 5) is 0. The minimum atomic E-state index is 0.413. The molecule has 0 amide bonds. The highest BCUT2D eigenvalue weighted by molar-refractivity contribution is 5.25. The quantitative estimate of drug-likeness (QED) is 0.585. The van der Waals surface area contributed by atoms with Crippen molar-refractivity contribution >= 4 is 0 Å². The van der Waals surface area contributed by atoms with Gasteiger partial charge in [0, 0.05) is 1.37 Å². The lowest BCUT2D eigenvalue weighted by atomic mass is 10.1. The molecule has 0 aliphatic carbocycles. The monoisotopic (exact) mass is 135 g/mol. The van der Waals surface area contributed by atoms with E-state index in [9.17, 15) is 0 Å². The van der Waals surface area contributed by atoms with Crippen molar-refractivity contribution in [3.8, 4) is 0 Å². The Labute approximate surface area is 64.3 Å². The third kappa shape index (κ3) is 1.60. The van der Waals surface area contributed by atoms with Gasteiger partial charge in [-0.25, -0.2) is 0 Å². The van der Waals surface area contributed by atoms with E-state index in [1.54, 1.807) is 0 Å². The van der Waals surface area contributed by atoms with Gasteiger partial charge in [0.15, 0.2) is 0 Å². The normalized spacial score (nSPS) is 11.1. The van der Waals surface area contributed by atoms with Gasteiger partial charge in [0.05, 0.1) is 0 Å². The summed E-state index contributed by atoms with van der Waals surface area (Å²) in [5.41, 5.74) is 2.51. The van der Waals surface area contributed by atoms with Crippen molar-refractivity contribution in [3.63, 3.8) is 0 Å². The Kier molecular flexibility index (Phi) is 2.03. The summed E-state index contributed by atoms with van der Waals surface area (Å²) >= 11 is 0. The van der Waals surface area contributed by atoms with Crippen LogP contribution in [0.5, 0.6) is 0 Å². The van der Waals surface area contributed by atoms with Crippen molar-refractivity contribution in [1.29, 1.82) is 0 Å². The fraction of sp³-hybridized carbons (Fsp3) is 0.400. The van der Waals surface area contributed by atoms with Gasteiger partial charge in [0.1, 0.15) is 0 Å². The van der Waals surface area contributed by atoms with E-state index in [1.165, 1.54) is 11.1 Å². The summed E-state index contributed by atoms with van der Waals surface area (Å²) in [5, 5.41) is 0. The van der Waals surface area contributed by atoms with E-state index < -0.39 is 0 Å². The predicted octanol–water partition coefficient (Wildman–Crippen LogP) is 2.95. The Balaban J connectivity index is 2.83. The number of hydrogen-bond donors (Lipinski definition) is 0.